The highest BCUT2D eigenvalue weighted by Gasteiger charge is 2.42. The summed E-state index contributed by atoms with van der Waals surface area (Å²) in [4.78, 5) is 35.0. The van der Waals surface area contributed by atoms with Crippen LogP contribution in [0.3, 0.4) is 0 Å². The van der Waals surface area contributed by atoms with Crippen LogP contribution in [0.5, 0.6) is 0 Å². The highest BCUT2D eigenvalue weighted by Crippen LogP contribution is 2.33. The molecule has 4 N–H and O–H groups in total. The number of carbonyl (C=O) groups excluding carboxylic acids is 3. The maximum atomic E-state index is 11.9. The number of thioether (sulfide) groups is 1. The average molecular weight is 410 g/mol. The summed E-state index contributed by atoms with van der Waals surface area (Å²) in [6.45, 7) is 4.42. The number of fused-ring (bicyclic) bond motifs is 1. The quantitative estimate of drug-likeness (QED) is 0.302. The minimum atomic E-state index is -0.497. The van der Waals surface area contributed by atoms with Crippen LogP contribution in [-0.2, 0) is 9.59 Å². The second kappa shape index (κ2) is 10.6. The molecule has 3 atom stereocenters. The van der Waals surface area contributed by atoms with E-state index in [1.807, 2.05) is 25.6 Å². The van der Waals surface area contributed by atoms with E-state index in [-0.39, 0.29) is 29.9 Å². The molecule has 0 bridgehead atoms. The fraction of sp³-hybridized carbons (Fsp3) is 0.789. The standard InChI is InChI=1S/C19H31N5O3S/c1-19(2,12-20)8-7-16(26)22-10-9-21-15(25)6-4-3-5-14-17-13(11-28-14)23-18(27)24-17/h13-14,17H,3-11H2,1-2H3,(H,21,25)(H,22,26)(H2,23,24,27)/t13?,14-,17?/m0/s1. The predicted octanol–water partition coefficient (Wildman–Crippen LogP) is 1.27. The molecule has 2 unspecified atom stereocenters. The van der Waals surface area contributed by atoms with E-state index in [0.717, 1.165) is 25.0 Å². The van der Waals surface area contributed by atoms with Gasteiger partial charge in [-0.25, -0.2) is 4.79 Å². The molecule has 0 radical (unpaired) electrons. The van der Waals surface area contributed by atoms with E-state index < -0.39 is 5.41 Å². The number of rotatable bonds is 11. The number of nitrogens with zero attached hydrogens (tertiary/aromatic N) is 1. The van der Waals surface area contributed by atoms with Crippen LogP contribution in [0.25, 0.3) is 0 Å². The van der Waals surface area contributed by atoms with Gasteiger partial charge >= 0.3 is 6.03 Å². The van der Waals surface area contributed by atoms with Crippen LogP contribution in [0.2, 0.25) is 0 Å². The van der Waals surface area contributed by atoms with Gasteiger partial charge in [0.1, 0.15) is 0 Å². The van der Waals surface area contributed by atoms with Gasteiger partial charge in [-0.3, -0.25) is 9.59 Å². The fourth-order valence-corrected chi connectivity index (χ4v) is 4.88. The van der Waals surface area contributed by atoms with Crippen LogP contribution >= 0.6 is 11.8 Å². The molecule has 2 heterocycles. The molecule has 0 saturated carbocycles. The van der Waals surface area contributed by atoms with Gasteiger partial charge in [0.15, 0.2) is 0 Å². The van der Waals surface area contributed by atoms with E-state index in [1.54, 1.807) is 0 Å². The summed E-state index contributed by atoms with van der Waals surface area (Å²) in [5, 5.41) is 20.8. The lowest BCUT2D eigenvalue weighted by Gasteiger charge is -2.16. The van der Waals surface area contributed by atoms with Crippen molar-refractivity contribution in [3.8, 4) is 6.07 Å². The van der Waals surface area contributed by atoms with Crippen molar-refractivity contribution in [3.05, 3.63) is 0 Å². The molecule has 4 amide bonds. The van der Waals surface area contributed by atoms with Crippen LogP contribution in [0.4, 0.5) is 4.79 Å². The smallest absolute Gasteiger partial charge is 0.315 e. The van der Waals surface area contributed by atoms with Gasteiger partial charge in [-0.1, -0.05) is 6.42 Å². The van der Waals surface area contributed by atoms with E-state index in [1.165, 1.54) is 0 Å². The van der Waals surface area contributed by atoms with Crippen molar-refractivity contribution in [2.75, 3.05) is 18.8 Å². The van der Waals surface area contributed by atoms with Gasteiger partial charge in [0, 0.05) is 36.9 Å². The first-order valence-electron chi connectivity index (χ1n) is 9.94. The normalized spacial score (nSPS) is 23.3. The molecule has 2 aliphatic heterocycles. The molecule has 2 fully saturated rings. The summed E-state index contributed by atoms with van der Waals surface area (Å²) in [5.74, 6) is 0.847. The van der Waals surface area contributed by atoms with Gasteiger partial charge < -0.3 is 21.3 Å². The molecule has 0 aliphatic carbocycles. The Morgan fingerprint density at radius 2 is 1.86 bits per heavy atom. The van der Waals surface area contributed by atoms with E-state index in [4.69, 9.17) is 5.26 Å². The number of urea groups is 1. The van der Waals surface area contributed by atoms with Gasteiger partial charge in [0.25, 0.3) is 0 Å². The molecule has 2 aliphatic rings. The second-order valence-electron chi connectivity index (χ2n) is 8.06. The summed E-state index contributed by atoms with van der Waals surface area (Å²) in [7, 11) is 0. The number of nitriles is 1. The third-order valence-corrected chi connectivity index (χ3v) is 6.64. The lowest BCUT2D eigenvalue weighted by molar-refractivity contribution is -0.123. The van der Waals surface area contributed by atoms with Gasteiger partial charge in [-0.05, 0) is 33.1 Å². The molecule has 0 spiro atoms. The topological polar surface area (TPSA) is 123 Å². The van der Waals surface area contributed by atoms with Crippen molar-refractivity contribution in [2.24, 2.45) is 5.41 Å². The molecule has 0 aromatic rings. The second-order valence-corrected chi connectivity index (χ2v) is 9.34. The molecule has 2 saturated heterocycles. The number of carbonyl (C=O) groups is 3. The van der Waals surface area contributed by atoms with E-state index in [9.17, 15) is 14.4 Å². The van der Waals surface area contributed by atoms with Crippen molar-refractivity contribution >= 4 is 29.6 Å². The third kappa shape index (κ3) is 7.23. The number of unbranched alkanes of at least 4 members (excludes halogenated alkanes) is 1. The van der Waals surface area contributed by atoms with Crippen molar-refractivity contribution in [1.82, 2.24) is 21.3 Å². The Bertz CT molecular complexity index is 619. The molecular weight excluding hydrogens is 378 g/mol. The Morgan fingerprint density at radius 1 is 1.18 bits per heavy atom. The maximum Gasteiger partial charge on any atom is 0.315 e. The van der Waals surface area contributed by atoms with Crippen LogP contribution in [0.15, 0.2) is 0 Å². The minimum absolute atomic E-state index is 0.00681. The van der Waals surface area contributed by atoms with Gasteiger partial charge in [0.2, 0.25) is 11.8 Å². The summed E-state index contributed by atoms with van der Waals surface area (Å²) in [6.07, 6.45) is 4.07. The van der Waals surface area contributed by atoms with Gasteiger partial charge in [0.05, 0.1) is 23.6 Å². The SMILES string of the molecule is CC(C)(C#N)CCC(=O)NCCNC(=O)CCCC[C@@H]1SCC2NC(=O)NC21. The van der Waals surface area contributed by atoms with Crippen LogP contribution in [0, 0.1) is 16.7 Å². The zero-order valence-corrected chi connectivity index (χ0v) is 17.5. The Balaban J connectivity index is 1.47. The van der Waals surface area contributed by atoms with Gasteiger partial charge in [-0.15, -0.1) is 0 Å². The molecule has 9 heteroatoms. The molecule has 0 aromatic heterocycles. The van der Waals surface area contributed by atoms with E-state index in [2.05, 4.69) is 27.3 Å². The summed E-state index contributed by atoms with van der Waals surface area (Å²) >= 11 is 1.89. The summed E-state index contributed by atoms with van der Waals surface area (Å²) in [6, 6.07) is 2.56. The van der Waals surface area contributed by atoms with Crippen molar-refractivity contribution in [2.45, 2.75) is 69.7 Å². The molecule has 28 heavy (non-hydrogen) atoms. The molecule has 2 rings (SSSR count). The molecule has 0 aromatic carbocycles. The van der Waals surface area contributed by atoms with Crippen LogP contribution < -0.4 is 21.3 Å². The van der Waals surface area contributed by atoms with E-state index in [0.29, 0.717) is 37.6 Å². The Kier molecular flexibility index (Phi) is 8.42. The molecule has 8 nitrogen and oxygen atoms in total. The molecular formula is C19H31N5O3S. The number of hydrogen-bond donors (Lipinski definition) is 4. The lowest BCUT2D eigenvalue weighted by atomic mass is 9.90. The first-order chi connectivity index (χ1) is 13.3. The lowest BCUT2D eigenvalue weighted by Crippen LogP contribution is -2.36. The minimum Gasteiger partial charge on any atom is -0.354 e. The zero-order chi connectivity index (χ0) is 20.6. The zero-order valence-electron chi connectivity index (χ0n) is 16.7. The maximum absolute atomic E-state index is 11.9. The molecule has 156 valence electrons. The van der Waals surface area contributed by atoms with Crippen LogP contribution in [0.1, 0.15) is 52.4 Å². The van der Waals surface area contributed by atoms with E-state index >= 15 is 0 Å². The summed E-state index contributed by atoms with van der Waals surface area (Å²) < 4.78 is 0. The number of nitrogens with one attached hydrogen (secondary N) is 4. The fourth-order valence-electron chi connectivity index (χ4n) is 3.34. The number of hydrogen-bond acceptors (Lipinski definition) is 5. The van der Waals surface area contributed by atoms with Crippen molar-refractivity contribution in [1.29, 1.82) is 5.26 Å². The largest absolute Gasteiger partial charge is 0.354 e. The van der Waals surface area contributed by atoms with Crippen LogP contribution in [-0.4, -0.2) is 54.0 Å². The van der Waals surface area contributed by atoms with Gasteiger partial charge in [-0.2, -0.15) is 17.0 Å². The summed E-state index contributed by atoms with van der Waals surface area (Å²) in [5.41, 5.74) is -0.497. The third-order valence-electron chi connectivity index (χ3n) is 5.13. The highest BCUT2D eigenvalue weighted by atomic mass is 32.2. The Morgan fingerprint density at radius 3 is 2.54 bits per heavy atom. The van der Waals surface area contributed by atoms with Crippen molar-refractivity contribution < 1.29 is 14.4 Å². The number of amides is 4. The predicted molar refractivity (Wildman–Crippen MR) is 109 cm³/mol. The first kappa shape index (κ1) is 22.3. The monoisotopic (exact) mass is 409 g/mol. The highest BCUT2D eigenvalue weighted by molar-refractivity contribution is 8.00. The average Bonchev–Trinajstić information content (AvgIpc) is 3.20. The Hall–Kier alpha value is -1.95. The Labute approximate surface area is 170 Å². The van der Waals surface area contributed by atoms with Crippen molar-refractivity contribution in [3.63, 3.8) is 0 Å². The first-order valence-corrected chi connectivity index (χ1v) is 11.0.